The van der Waals surface area contributed by atoms with E-state index < -0.39 is 0 Å². The molecule has 4 rings (SSSR count). The lowest BCUT2D eigenvalue weighted by atomic mass is 10.1. The van der Waals surface area contributed by atoms with Crippen molar-refractivity contribution in [3.63, 3.8) is 0 Å². The van der Waals surface area contributed by atoms with Gasteiger partial charge in [0, 0.05) is 19.4 Å². The number of benzene rings is 1. The van der Waals surface area contributed by atoms with E-state index in [2.05, 4.69) is 0 Å². The molecule has 2 fully saturated rings. The second-order valence-electron chi connectivity index (χ2n) is 8.27. The SMILES string of the molecule is CCOC(=O)[C@@H]1C[C@@H]1CN(CC[NH+]1CCCC1)C(=O)Cc1ccc2c(c1)OCO2. The summed E-state index contributed by atoms with van der Waals surface area (Å²) in [5.74, 6) is 1.60. The molecule has 0 aromatic heterocycles. The molecule has 0 spiro atoms. The van der Waals surface area contributed by atoms with Gasteiger partial charge in [-0.05, 0) is 37.0 Å². The van der Waals surface area contributed by atoms with E-state index in [9.17, 15) is 9.59 Å². The average Bonchev–Trinajstić information content (AvgIpc) is 3.07. The smallest absolute Gasteiger partial charge is 0.309 e. The minimum atomic E-state index is -0.120. The number of fused-ring (bicyclic) bond motifs is 1. The first-order valence-electron chi connectivity index (χ1n) is 10.8. The maximum absolute atomic E-state index is 13.1. The monoisotopic (exact) mass is 403 g/mol. The average molecular weight is 403 g/mol. The van der Waals surface area contributed by atoms with Gasteiger partial charge in [-0.3, -0.25) is 9.59 Å². The molecule has 1 aromatic rings. The molecule has 158 valence electrons. The Morgan fingerprint density at radius 1 is 1.21 bits per heavy atom. The topological polar surface area (TPSA) is 69.5 Å². The molecule has 0 radical (unpaired) electrons. The van der Waals surface area contributed by atoms with E-state index in [1.807, 2.05) is 30.0 Å². The van der Waals surface area contributed by atoms with Crippen molar-refractivity contribution < 1.29 is 28.7 Å². The summed E-state index contributed by atoms with van der Waals surface area (Å²) in [6, 6.07) is 5.68. The molecule has 0 bridgehead atoms. The number of nitrogens with zero attached hydrogens (tertiary/aromatic N) is 1. The van der Waals surface area contributed by atoms with Gasteiger partial charge in [0.25, 0.3) is 0 Å². The van der Waals surface area contributed by atoms with Crippen molar-refractivity contribution >= 4 is 11.9 Å². The van der Waals surface area contributed by atoms with Crippen molar-refractivity contribution in [3.05, 3.63) is 23.8 Å². The predicted octanol–water partition coefficient (Wildman–Crippen LogP) is 0.664. The van der Waals surface area contributed by atoms with Gasteiger partial charge in [0.2, 0.25) is 12.7 Å². The predicted molar refractivity (Wildman–Crippen MR) is 106 cm³/mol. The van der Waals surface area contributed by atoms with E-state index in [0.29, 0.717) is 25.3 Å². The van der Waals surface area contributed by atoms with Gasteiger partial charge in [0.05, 0.1) is 45.1 Å². The van der Waals surface area contributed by atoms with Crippen LogP contribution in [-0.4, -0.2) is 62.9 Å². The molecule has 1 saturated carbocycles. The van der Waals surface area contributed by atoms with E-state index in [-0.39, 0.29) is 30.5 Å². The summed E-state index contributed by atoms with van der Waals surface area (Å²) >= 11 is 0. The molecule has 0 unspecified atom stereocenters. The van der Waals surface area contributed by atoms with Crippen LogP contribution in [0.15, 0.2) is 18.2 Å². The Bertz CT molecular complexity index is 747. The van der Waals surface area contributed by atoms with Crippen molar-refractivity contribution in [1.82, 2.24) is 4.90 Å². The number of esters is 1. The van der Waals surface area contributed by atoms with E-state index in [4.69, 9.17) is 14.2 Å². The highest BCUT2D eigenvalue weighted by Crippen LogP contribution is 2.40. The van der Waals surface area contributed by atoms with E-state index in [1.54, 1.807) is 4.90 Å². The first-order chi connectivity index (χ1) is 14.1. The zero-order chi connectivity index (χ0) is 20.2. The number of hydrogen-bond donors (Lipinski definition) is 1. The highest BCUT2D eigenvalue weighted by molar-refractivity contribution is 5.80. The van der Waals surface area contributed by atoms with Crippen LogP contribution in [0.25, 0.3) is 0 Å². The second-order valence-corrected chi connectivity index (χ2v) is 8.27. The van der Waals surface area contributed by atoms with E-state index in [1.165, 1.54) is 25.9 Å². The highest BCUT2D eigenvalue weighted by atomic mass is 16.7. The zero-order valence-corrected chi connectivity index (χ0v) is 17.2. The number of rotatable bonds is 9. The van der Waals surface area contributed by atoms with Crippen LogP contribution in [0.4, 0.5) is 0 Å². The van der Waals surface area contributed by atoms with E-state index in [0.717, 1.165) is 30.8 Å². The minimum Gasteiger partial charge on any atom is -0.466 e. The number of ether oxygens (including phenoxy) is 3. The fourth-order valence-electron chi connectivity index (χ4n) is 4.34. The molecule has 1 saturated heterocycles. The molecule has 2 aliphatic heterocycles. The number of hydrogen-bond acceptors (Lipinski definition) is 5. The number of amides is 1. The molecule has 7 heteroatoms. The zero-order valence-electron chi connectivity index (χ0n) is 17.2. The summed E-state index contributed by atoms with van der Waals surface area (Å²) in [6.45, 7) is 7.21. The Morgan fingerprint density at radius 3 is 2.79 bits per heavy atom. The molecule has 1 N–H and O–H groups in total. The van der Waals surface area contributed by atoms with Gasteiger partial charge < -0.3 is 24.0 Å². The number of likely N-dealkylation sites (tertiary alicyclic amines) is 1. The van der Waals surface area contributed by atoms with Crippen LogP contribution in [0.5, 0.6) is 11.5 Å². The van der Waals surface area contributed by atoms with Crippen molar-refractivity contribution in [2.24, 2.45) is 11.8 Å². The molecule has 3 aliphatic rings. The van der Waals surface area contributed by atoms with Gasteiger partial charge in [-0.2, -0.15) is 0 Å². The lowest BCUT2D eigenvalue weighted by Crippen LogP contribution is -3.10. The fourth-order valence-corrected chi connectivity index (χ4v) is 4.34. The van der Waals surface area contributed by atoms with Gasteiger partial charge in [0.1, 0.15) is 0 Å². The van der Waals surface area contributed by atoms with Crippen LogP contribution in [0, 0.1) is 11.8 Å². The van der Waals surface area contributed by atoms with Crippen LogP contribution in [0.3, 0.4) is 0 Å². The Kier molecular flexibility index (Phi) is 6.23. The second kappa shape index (κ2) is 9.03. The third kappa shape index (κ3) is 5.01. The quantitative estimate of drug-likeness (QED) is 0.614. The fraction of sp³-hybridized carbons (Fsp3) is 0.636. The molecule has 1 amide bonds. The molecule has 2 atom stereocenters. The van der Waals surface area contributed by atoms with Crippen LogP contribution in [-0.2, 0) is 20.7 Å². The van der Waals surface area contributed by atoms with Gasteiger partial charge in [-0.25, -0.2) is 0 Å². The van der Waals surface area contributed by atoms with Crippen LogP contribution in [0.2, 0.25) is 0 Å². The van der Waals surface area contributed by atoms with Crippen molar-refractivity contribution in [2.45, 2.75) is 32.6 Å². The Hall–Kier alpha value is -2.28. The van der Waals surface area contributed by atoms with Gasteiger partial charge in [-0.15, -0.1) is 0 Å². The summed E-state index contributed by atoms with van der Waals surface area (Å²) in [5.41, 5.74) is 0.926. The highest BCUT2D eigenvalue weighted by Gasteiger charge is 2.45. The standard InChI is InChI=1S/C22H30N2O5/c1-2-27-22(26)18-13-17(18)14-24(10-9-23-7-3-4-8-23)21(25)12-16-5-6-19-20(11-16)29-15-28-19/h5-6,11,17-18H,2-4,7-10,12-15H2,1H3/p+1/t17-,18-/m1/s1. The molecule has 2 heterocycles. The van der Waals surface area contributed by atoms with Gasteiger partial charge >= 0.3 is 5.97 Å². The Labute approximate surface area is 171 Å². The van der Waals surface area contributed by atoms with Crippen LogP contribution in [0.1, 0.15) is 31.7 Å². The van der Waals surface area contributed by atoms with E-state index >= 15 is 0 Å². The third-order valence-electron chi connectivity index (χ3n) is 6.16. The minimum absolute atomic E-state index is 0.0464. The lowest BCUT2D eigenvalue weighted by molar-refractivity contribution is -0.886. The molecular weight excluding hydrogens is 372 g/mol. The Morgan fingerprint density at radius 2 is 2.00 bits per heavy atom. The Balaban J connectivity index is 1.37. The number of nitrogens with one attached hydrogen (secondary N) is 1. The number of quaternary nitrogens is 1. The molecule has 1 aliphatic carbocycles. The van der Waals surface area contributed by atoms with Crippen LogP contribution >= 0.6 is 0 Å². The summed E-state index contributed by atoms with van der Waals surface area (Å²) in [4.78, 5) is 28.6. The summed E-state index contributed by atoms with van der Waals surface area (Å²) < 4.78 is 15.9. The maximum atomic E-state index is 13.1. The number of carbonyl (C=O) groups is 2. The number of carbonyl (C=O) groups excluding carboxylic acids is 2. The van der Waals surface area contributed by atoms with Crippen molar-refractivity contribution in [2.75, 3.05) is 46.1 Å². The largest absolute Gasteiger partial charge is 0.466 e. The molecule has 29 heavy (non-hydrogen) atoms. The third-order valence-corrected chi connectivity index (χ3v) is 6.16. The molecule has 7 nitrogen and oxygen atoms in total. The van der Waals surface area contributed by atoms with Crippen molar-refractivity contribution in [1.29, 1.82) is 0 Å². The van der Waals surface area contributed by atoms with Gasteiger partial charge in [0.15, 0.2) is 11.5 Å². The summed E-state index contributed by atoms with van der Waals surface area (Å²) in [5, 5.41) is 0. The molecule has 1 aromatic carbocycles. The van der Waals surface area contributed by atoms with Gasteiger partial charge in [-0.1, -0.05) is 6.07 Å². The lowest BCUT2D eigenvalue weighted by Gasteiger charge is -2.24. The molecular formula is C22H31N2O5+. The maximum Gasteiger partial charge on any atom is 0.309 e. The first-order valence-corrected chi connectivity index (χ1v) is 10.8. The normalized spacial score (nSPS) is 22.5. The van der Waals surface area contributed by atoms with Crippen LogP contribution < -0.4 is 14.4 Å². The summed E-state index contributed by atoms with van der Waals surface area (Å²) in [7, 11) is 0. The first kappa shape index (κ1) is 20.0. The summed E-state index contributed by atoms with van der Waals surface area (Å²) in [6.07, 6.45) is 3.70. The van der Waals surface area contributed by atoms with Crippen molar-refractivity contribution in [3.8, 4) is 11.5 Å².